The van der Waals surface area contributed by atoms with E-state index in [9.17, 15) is 0 Å². The van der Waals surface area contributed by atoms with Gasteiger partial charge in [0, 0.05) is 0 Å². The van der Waals surface area contributed by atoms with Crippen LogP contribution in [0.3, 0.4) is 0 Å². The fourth-order valence-electron chi connectivity index (χ4n) is 1.80. The molecule has 2 heteroatoms. The van der Waals surface area contributed by atoms with E-state index in [-0.39, 0.29) is 0 Å². The molecule has 0 radical (unpaired) electrons. The molecule has 0 fully saturated rings. The second kappa shape index (κ2) is 5.13. The highest BCUT2D eigenvalue weighted by molar-refractivity contribution is 5.55. The van der Waals surface area contributed by atoms with Gasteiger partial charge in [-0.25, -0.2) is 0 Å². The van der Waals surface area contributed by atoms with E-state index < -0.39 is 0 Å². The Labute approximate surface area is 108 Å². The quantitative estimate of drug-likeness (QED) is 0.537. The molecule has 0 spiro atoms. The number of ether oxygens (including phenoxy) is 2. The van der Waals surface area contributed by atoms with Crippen molar-refractivity contribution in [3.05, 3.63) is 47.5 Å². The minimum Gasteiger partial charge on any atom is -0.450 e. The second-order valence-electron chi connectivity index (χ2n) is 4.10. The molecule has 0 aliphatic carbocycles. The highest BCUT2D eigenvalue weighted by Gasteiger charge is 2.18. The number of fused-ring (bicyclic) bond motifs is 2. The molecule has 1 aliphatic heterocycles. The first-order valence-electron chi connectivity index (χ1n) is 6.29. The van der Waals surface area contributed by atoms with Crippen molar-refractivity contribution in [2.45, 2.75) is 27.7 Å². The van der Waals surface area contributed by atoms with Crippen LogP contribution in [0.1, 0.15) is 25.0 Å². The molecule has 2 nitrogen and oxygen atoms in total. The summed E-state index contributed by atoms with van der Waals surface area (Å²) in [6.45, 7) is 8.07. The van der Waals surface area contributed by atoms with Crippen LogP contribution in [0.2, 0.25) is 0 Å². The van der Waals surface area contributed by atoms with Gasteiger partial charge in [0.2, 0.25) is 0 Å². The lowest BCUT2D eigenvalue weighted by molar-refractivity contribution is 0.359. The van der Waals surface area contributed by atoms with E-state index in [0.717, 1.165) is 34.1 Å². The molecule has 1 aliphatic rings. The third kappa shape index (κ3) is 2.33. The van der Waals surface area contributed by atoms with Gasteiger partial charge in [-0.3, -0.25) is 0 Å². The molecule has 0 N–H and O–H groups in total. The molecule has 94 valence electrons. The standard InChI is InChI=1S/C14H12O2.C2H6/c1-9-3-5-11-13(7-9)15-12-6-4-10(2)8-14(12)16-11;1-2/h3-8H,1-2H3;1-2H3. The van der Waals surface area contributed by atoms with E-state index in [2.05, 4.69) is 0 Å². The number of benzene rings is 2. The summed E-state index contributed by atoms with van der Waals surface area (Å²) in [6.07, 6.45) is 0. The average Bonchev–Trinajstić information content (AvgIpc) is 2.39. The predicted molar refractivity (Wildman–Crippen MR) is 73.9 cm³/mol. The molecule has 0 atom stereocenters. The zero-order valence-electron chi connectivity index (χ0n) is 11.3. The van der Waals surface area contributed by atoms with Crippen LogP contribution in [0, 0.1) is 13.8 Å². The van der Waals surface area contributed by atoms with Crippen molar-refractivity contribution in [1.29, 1.82) is 0 Å². The third-order valence-corrected chi connectivity index (χ3v) is 2.64. The van der Waals surface area contributed by atoms with Gasteiger partial charge in [0.1, 0.15) is 0 Å². The summed E-state index contributed by atoms with van der Waals surface area (Å²) >= 11 is 0. The SMILES string of the molecule is CC.Cc1ccc2c(c1)Oc1ccc(C)cc1O2. The number of hydrogen-bond donors (Lipinski definition) is 0. The third-order valence-electron chi connectivity index (χ3n) is 2.64. The van der Waals surface area contributed by atoms with E-state index in [4.69, 9.17) is 9.47 Å². The van der Waals surface area contributed by atoms with E-state index in [1.807, 2.05) is 64.1 Å². The van der Waals surface area contributed by atoms with Crippen LogP contribution in [0.25, 0.3) is 0 Å². The van der Waals surface area contributed by atoms with Crippen LogP contribution in [0.15, 0.2) is 36.4 Å². The molecule has 0 saturated heterocycles. The Hall–Kier alpha value is -1.96. The van der Waals surface area contributed by atoms with E-state index in [1.54, 1.807) is 0 Å². The van der Waals surface area contributed by atoms with Gasteiger partial charge >= 0.3 is 0 Å². The summed E-state index contributed by atoms with van der Waals surface area (Å²) < 4.78 is 11.6. The van der Waals surface area contributed by atoms with Crippen molar-refractivity contribution < 1.29 is 9.47 Å². The fourth-order valence-corrected chi connectivity index (χ4v) is 1.80. The minimum absolute atomic E-state index is 0.781. The van der Waals surface area contributed by atoms with Gasteiger partial charge in [0.25, 0.3) is 0 Å². The Bertz CT molecular complexity index is 508. The first-order chi connectivity index (χ1) is 8.72. The van der Waals surface area contributed by atoms with Gasteiger partial charge in [-0.2, -0.15) is 0 Å². The van der Waals surface area contributed by atoms with Gasteiger partial charge in [-0.1, -0.05) is 26.0 Å². The van der Waals surface area contributed by atoms with Crippen molar-refractivity contribution >= 4 is 0 Å². The molecular formula is C16H18O2. The van der Waals surface area contributed by atoms with Crippen LogP contribution in [0.4, 0.5) is 0 Å². The maximum absolute atomic E-state index is 5.79. The summed E-state index contributed by atoms with van der Waals surface area (Å²) in [7, 11) is 0. The lowest BCUT2D eigenvalue weighted by atomic mass is 10.2. The van der Waals surface area contributed by atoms with Gasteiger partial charge in [0.05, 0.1) is 0 Å². The Morgan fingerprint density at radius 1 is 0.611 bits per heavy atom. The normalized spacial score (nSPS) is 11.1. The van der Waals surface area contributed by atoms with Crippen molar-refractivity contribution in [3.8, 4) is 23.0 Å². The Morgan fingerprint density at radius 2 is 1.00 bits per heavy atom. The molecule has 1 heterocycles. The molecule has 0 amide bonds. The van der Waals surface area contributed by atoms with E-state index >= 15 is 0 Å². The molecule has 0 unspecified atom stereocenters. The molecule has 3 rings (SSSR count). The zero-order valence-corrected chi connectivity index (χ0v) is 11.3. The average molecular weight is 242 g/mol. The molecule has 0 bridgehead atoms. The smallest absolute Gasteiger partial charge is 0.170 e. The van der Waals surface area contributed by atoms with Gasteiger partial charge < -0.3 is 9.47 Å². The van der Waals surface area contributed by atoms with Crippen molar-refractivity contribution in [3.63, 3.8) is 0 Å². The zero-order chi connectivity index (χ0) is 13.1. The lowest BCUT2D eigenvalue weighted by Gasteiger charge is -2.21. The number of aryl methyl sites for hydroxylation is 2. The molecule has 2 aromatic rings. The monoisotopic (exact) mass is 242 g/mol. The lowest BCUT2D eigenvalue weighted by Crippen LogP contribution is -1.99. The molecule has 18 heavy (non-hydrogen) atoms. The summed E-state index contributed by atoms with van der Waals surface area (Å²) in [5, 5.41) is 0. The first-order valence-corrected chi connectivity index (χ1v) is 6.29. The Morgan fingerprint density at radius 3 is 1.39 bits per heavy atom. The number of hydrogen-bond acceptors (Lipinski definition) is 2. The highest BCUT2D eigenvalue weighted by Crippen LogP contribution is 2.45. The minimum atomic E-state index is 0.781. The van der Waals surface area contributed by atoms with Crippen LogP contribution in [0.5, 0.6) is 23.0 Å². The Balaban J connectivity index is 0.000000574. The van der Waals surface area contributed by atoms with Crippen molar-refractivity contribution in [2.24, 2.45) is 0 Å². The topological polar surface area (TPSA) is 18.5 Å². The first kappa shape index (κ1) is 12.5. The predicted octanol–water partition coefficient (Wildman–Crippen LogP) is 5.23. The maximum Gasteiger partial charge on any atom is 0.170 e. The fraction of sp³-hybridized carbons (Fsp3) is 0.250. The number of rotatable bonds is 0. The summed E-state index contributed by atoms with van der Waals surface area (Å²) in [5.74, 6) is 3.14. The van der Waals surface area contributed by atoms with Crippen LogP contribution >= 0.6 is 0 Å². The van der Waals surface area contributed by atoms with Crippen LogP contribution < -0.4 is 9.47 Å². The van der Waals surface area contributed by atoms with Crippen LogP contribution in [-0.4, -0.2) is 0 Å². The van der Waals surface area contributed by atoms with Crippen molar-refractivity contribution in [2.75, 3.05) is 0 Å². The van der Waals surface area contributed by atoms with Gasteiger partial charge in [0.15, 0.2) is 23.0 Å². The van der Waals surface area contributed by atoms with Crippen molar-refractivity contribution in [1.82, 2.24) is 0 Å². The van der Waals surface area contributed by atoms with Gasteiger partial charge in [-0.05, 0) is 49.2 Å². The largest absolute Gasteiger partial charge is 0.450 e. The van der Waals surface area contributed by atoms with Gasteiger partial charge in [-0.15, -0.1) is 0 Å². The maximum atomic E-state index is 5.79. The molecule has 2 aromatic carbocycles. The second-order valence-corrected chi connectivity index (χ2v) is 4.10. The van der Waals surface area contributed by atoms with Crippen LogP contribution in [-0.2, 0) is 0 Å². The Kier molecular flexibility index (Phi) is 3.56. The molecule has 0 saturated carbocycles. The molecular weight excluding hydrogens is 224 g/mol. The van der Waals surface area contributed by atoms with E-state index in [1.165, 1.54) is 0 Å². The highest BCUT2D eigenvalue weighted by atomic mass is 16.6. The summed E-state index contributed by atoms with van der Waals surface area (Å²) in [4.78, 5) is 0. The summed E-state index contributed by atoms with van der Waals surface area (Å²) in [6, 6.07) is 11.9. The summed E-state index contributed by atoms with van der Waals surface area (Å²) in [5.41, 5.74) is 2.33. The van der Waals surface area contributed by atoms with E-state index in [0.29, 0.717) is 0 Å². The molecule has 0 aromatic heterocycles.